The summed E-state index contributed by atoms with van der Waals surface area (Å²) in [5, 5.41) is 19.8. The van der Waals surface area contributed by atoms with Crippen LogP contribution in [0.3, 0.4) is 0 Å². The molecule has 0 bridgehead atoms. The van der Waals surface area contributed by atoms with Gasteiger partial charge >= 0.3 is 0 Å². The van der Waals surface area contributed by atoms with Gasteiger partial charge in [0, 0.05) is 21.7 Å². The van der Waals surface area contributed by atoms with Crippen LogP contribution in [0.1, 0.15) is 0 Å². The highest BCUT2D eigenvalue weighted by atomic mass is 16.3. The summed E-state index contributed by atoms with van der Waals surface area (Å²) in [6, 6.07) is 80.5. The minimum atomic E-state index is 0.908. The van der Waals surface area contributed by atoms with Crippen LogP contribution in [0, 0.1) is 0 Å². The molecule has 1 nitrogen and oxygen atoms in total. The Hall–Kier alpha value is -8.26. The molecule has 0 unspecified atom stereocenters. The lowest BCUT2D eigenvalue weighted by Crippen LogP contribution is -1.90. The van der Waals surface area contributed by atoms with Crippen molar-refractivity contribution in [2.24, 2.45) is 0 Å². The summed E-state index contributed by atoms with van der Waals surface area (Å²) in [5.74, 6) is 0. The number of hydrogen-bond acceptors (Lipinski definition) is 1. The summed E-state index contributed by atoms with van der Waals surface area (Å²) in [4.78, 5) is 0. The van der Waals surface area contributed by atoms with Crippen LogP contribution in [0.15, 0.2) is 223 Å². The first-order valence-electron chi connectivity index (χ1n) is 21.8. The first kappa shape index (κ1) is 34.5. The van der Waals surface area contributed by atoms with Gasteiger partial charge in [0.15, 0.2) is 0 Å². The number of rotatable bonds is 4. The lowest BCUT2D eigenvalue weighted by atomic mass is 9.86. The Morgan fingerprint density at radius 3 is 1.49 bits per heavy atom. The third-order valence-corrected chi connectivity index (χ3v) is 13.8. The molecule has 1 heterocycles. The molecule has 0 amide bonds. The molecule has 1 heteroatoms. The van der Waals surface area contributed by atoms with Crippen molar-refractivity contribution < 1.29 is 4.42 Å². The number of furan rings is 1. The van der Waals surface area contributed by atoms with Crippen molar-refractivity contribution in [2.75, 3.05) is 0 Å². The Morgan fingerprint density at radius 1 is 0.222 bits per heavy atom. The molecule has 0 aliphatic carbocycles. The van der Waals surface area contributed by atoms with Gasteiger partial charge < -0.3 is 4.42 Å². The highest BCUT2D eigenvalue weighted by Crippen LogP contribution is 2.48. The molecule has 0 saturated carbocycles. The largest absolute Gasteiger partial charge is 0.455 e. The van der Waals surface area contributed by atoms with E-state index >= 15 is 0 Å². The standard InChI is InChI=1S/C62H36O/c1-2-10-37(11-3-1)46-28-24-42-27-32-52-50(29-25-43-26-31-51(46)58(42)59(43)52)53-35-34-49(62-60(53)55-33-23-39-13-5-9-17-48(39)61(55)63-62)40-18-20-41(21-19-40)57-47-16-8-6-14-44(47)36-56-45-15-7-4-12-38(45)22-30-54(56)57/h1-36H. The zero-order valence-corrected chi connectivity index (χ0v) is 34.2. The van der Waals surface area contributed by atoms with E-state index in [0.717, 1.165) is 38.5 Å². The fraction of sp³-hybridized carbons (Fsp3) is 0. The molecular formula is C62H36O. The van der Waals surface area contributed by atoms with Crippen molar-refractivity contribution in [1.29, 1.82) is 0 Å². The van der Waals surface area contributed by atoms with Gasteiger partial charge in [0.2, 0.25) is 0 Å². The first-order chi connectivity index (χ1) is 31.2. The minimum Gasteiger partial charge on any atom is -0.455 e. The van der Waals surface area contributed by atoms with Crippen molar-refractivity contribution in [1.82, 2.24) is 0 Å². The van der Waals surface area contributed by atoms with Gasteiger partial charge in [-0.1, -0.05) is 200 Å². The maximum atomic E-state index is 7.17. The summed E-state index contributed by atoms with van der Waals surface area (Å²) in [6.45, 7) is 0. The van der Waals surface area contributed by atoms with Crippen LogP contribution < -0.4 is 0 Å². The highest BCUT2D eigenvalue weighted by Gasteiger charge is 2.22. The number of fused-ring (bicyclic) bond motifs is 9. The van der Waals surface area contributed by atoms with E-state index in [2.05, 4.69) is 218 Å². The van der Waals surface area contributed by atoms with E-state index < -0.39 is 0 Å². The van der Waals surface area contributed by atoms with Crippen LogP contribution in [-0.4, -0.2) is 0 Å². The third kappa shape index (κ3) is 4.99. The summed E-state index contributed by atoms with van der Waals surface area (Å²) >= 11 is 0. The second kappa shape index (κ2) is 13.1. The average molecular weight is 797 g/mol. The van der Waals surface area contributed by atoms with E-state index in [9.17, 15) is 0 Å². The molecule has 63 heavy (non-hydrogen) atoms. The molecule has 13 aromatic carbocycles. The second-order valence-electron chi connectivity index (χ2n) is 17.1. The summed E-state index contributed by atoms with van der Waals surface area (Å²) in [7, 11) is 0. The van der Waals surface area contributed by atoms with Gasteiger partial charge in [-0.15, -0.1) is 0 Å². The van der Waals surface area contributed by atoms with Gasteiger partial charge in [-0.25, -0.2) is 0 Å². The van der Waals surface area contributed by atoms with Crippen LogP contribution in [0.25, 0.3) is 142 Å². The van der Waals surface area contributed by atoms with Gasteiger partial charge in [0.1, 0.15) is 11.2 Å². The quantitative estimate of drug-likeness (QED) is 0.128. The predicted octanol–water partition coefficient (Wildman–Crippen LogP) is 17.8. The average Bonchev–Trinajstić information content (AvgIpc) is 3.75. The molecule has 0 N–H and O–H groups in total. The molecule has 0 fully saturated rings. The zero-order valence-electron chi connectivity index (χ0n) is 34.2. The van der Waals surface area contributed by atoms with Crippen molar-refractivity contribution >= 4 is 97.3 Å². The van der Waals surface area contributed by atoms with Crippen LogP contribution >= 0.6 is 0 Å². The van der Waals surface area contributed by atoms with Crippen molar-refractivity contribution in [3.63, 3.8) is 0 Å². The second-order valence-corrected chi connectivity index (χ2v) is 17.1. The molecule has 0 aliphatic heterocycles. The molecule has 0 atom stereocenters. The molecule has 14 rings (SSSR count). The Morgan fingerprint density at radius 2 is 0.730 bits per heavy atom. The van der Waals surface area contributed by atoms with Crippen molar-refractivity contribution in [3.05, 3.63) is 218 Å². The van der Waals surface area contributed by atoms with Crippen LogP contribution in [-0.2, 0) is 0 Å². The van der Waals surface area contributed by atoms with Gasteiger partial charge in [-0.05, 0) is 127 Å². The van der Waals surface area contributed by atoms with E-state index in [1.807, 2.05) is 0 Å². The highest BCUT2D eigenvalue weighted by molar-refractivity contribution is 6.30. The Balaban J connectivity index is 0.996. The molecule has 0 spiro atoms. The Bertz CT molecular complexity index is 4170. The van der Waals surface area contributed by atoms with Gasteiger partial charge in [-0.2, -0.15) is 0 Å². The summed E-state index contributed by atoms with van der Waals surface area (Å²) in [5.41, 5.74) is 11.4. The Labute approximate surface area is 363 Å². The maximum absolute atomic E-state index is 7.17. The van der Waals surface area contributed by atoms with Crippen LogP contribution in [0.2, 0.25) is 0 Å². The minimum absolute atomic E-state index is 0.908. The van der Waals surface area contributed by atoms with E-state index in [-0.39, 0.29) is 0 Å². The fourth-order valence-corrected chi connectivity index (χ4v) is 10.9. The SMILES string of the molecule is c1ccc(-c2ccc3ccc4c(-c5ccc(-c6ccc(-c7c8ccccc8cc8c7ccc7ccccc78)cc6)c6oc7c8ccccc8ccc7c56)ccc5ccc2c3c54)cc1. The predicted molar refractivity (Wildman–Crippen MR) is 269 cm³/mol. The maximum Gasteiger partial charge on any atom is 0.143 e. The number of benzene rings is 13. The van der Waals surface area contributed by atoms with Crippen LogP contribution in [0.5, 0.6) is 0 Å². The van der Waals surface area contributed by atoms with Gasteiger partial charge in [0.25, 0.3) is 0 Å². The molecular weight excluding hydrogens is 761 g/mol. The molecule has 1 aromatic heterocycles. The van der Waals surface area contributed by atoms with Crippen LogP contribution in [0.4, 0.5) is 0 Å². The van der Waals surface area contributed by atoms with E-state index in [4.69, 9.17) is 4.42 Å². The number of hydrogen-bond donors (Lipinski definition) is 0. The zero-order chi connectivity index (χ0) is 41.2. The van der Waals surface area contributed by atoms with E-state index in [1.165, 1.54) is 103 Å². The topological polar surface area (TPSA) is 13.1 Å². The Kier molecular flexibility index (Phi) is 7.17. The van der Waals surface area contributed by atoms with Crippen molar-refractivity contribution in [3.8, 4) is 44.5 Å². The van der Waals surface area contributed by atoms with Gasteiger partial charge in [0.05, 0.1) is 0 Å². The molecule has 0 radical (unpaired) electrons. The molecule has 290 valence electrons. The first-order valence-corrected chi connectivity index (χ1v) is 21.8. The lowest BCUT2D eigenvalue weighted by molar-refractivity contribution is 0.674. The monoisotopic (exact) mass is 796 g/mol. The molecule has 0 saturated heterocycles. The third-order valence-electron chi connectivity index (χ3n) is 13.8. The van der Waals surface area contributed by atoms with Crippen molar-refractivity contribution in [2.45, 2.75) is 0 Å². The lowest BCUT2D eigenvalue weighted by Gasteiger charge is -2.17. The fourth-order valence-electron chi connectivity index (χ4n) is 10.9. The van der Waals surface area contributed by atoms with E-state index in [1.54, 1.807) is 0 Å². The molecule has 14 aromatic rings. The summed E-state index contributed by atoms with van der Waals surface area (Å²) < 4.78 is 7.17. The molecule has 0 aliphatic rings. The smallest absolute Gasteiger partial charge is 0.143 e. The van der Waals surface area contributed by atoms with E-state index in [0.29, 0.717) is 0 Å². The summed E-state index contributed by atoms with van der Waals surface area (Å²) in [6.07, 6.45) is 0. The van der Waals surface area contributed by atoms with Gasteiger partial charge in [-0.3, -0.25) is 0 Å². The normalized spacial score (nSPS) is 12.1.